The van der Waals surface area contributed by atoms with Gasteiger partial charge in [0.25, 0.3) is 0 Å². The monoisotopic (exact) mass is 140 g/mol. The number of hydrazone groups is 1. The van der Waals surface area contributed by atoms with Crippen molar-refractivity contribution in [1.82, 2.24) is 5.01 Å². The Balaban J connectivity index is 2.65. The van der Waals surface area contributed by atoms with Crippen molar-refractivity contribution in [2.45, 2.75) is 20.8 Å². The van der Waals surface area contributed by atoms with Gasteiger partial charge in [0.15, 0.2) is 0 Å². The summed E-state index contributed by atoms with van der Waals surface area (Å²) in [5.41, 5.74) is 0.300. The lowest BCUT2D eigenvalue weighted by Gasteiger charge is -2.25. The Hall–Kier alpha value is -0.530. The average Bonchev–Trinajstić information content (AvgIpc) is 2.13. The summed E-state index contributed by atoms with van der Waals surface area (Å²) in [6, 6.07) is 0. The second-order valence-electron chi connectivity index (χ2n) is 3.72. The third-order valence-electron chi connectivity index (χ3n) is 2.44. The molecule has 0 saturated heterocycles. The molecule has 0 aromatic carbocycles. The van der Waals surface area contributed by atoms with E-state index in [1.165, 1.54) is 0 Å². The zero-order valence-electron chi connectivity index (χ0n) is 7.26. The molecule has 1 aliphatic rings. The lowest BCUT2D eigenvalue weighted by Crippen LogP contribution is -2.29. The van der Waals surface area contributed by atoms with Gasteiger partial charge in [-0.3, -0.25) is 5.01 Å². The molecular weight excluding hydrogens is 124 g/mol. The quantitative estimate of drug-likeness (QED) is 0.540. The first-order valence-electron chi connectivity index (χ1n) is 3.81. The fourth-order valence-electron chi connectivity index (χ4n) is 1.14. The van der Waals surface area contributed by atoms with E-state index in [0.717, 1.165) is 6.54 Å². The number of hydrogen-bond acceptors (Lipinski definition) is 2. The Morgan fingerprint density at radius 3 is 2.40 bits per heavy atom. The van der Waals surface area contributed by atoms with Gasteiger partial charge in [-0.05, 0) is 5.92 Å². The molecule has 58 valence electrons. The summed E-state index contributed by atoms with van der Waals surface area (Å²) < 4.78 is 0. The van der Waals surface area contributed by atoms with E-state index in [9.17, 15) is 0 Å². The van der Waals surface area contributed by atoms with E-state index in [4.69, 9.17) is 0 Å². The van der Waals surface area contributed by atoms with Crippen molar-refractivity contribution in [2.75, 3.05) is 13.6 Å². The van der Waals surface area contributed by atoms with E-state index in [2.05, 4.69) is 32.1 Å². The molecule has 1 heterocycles. The van der Waals surface area contributed by atoms with E-state index in [1.54, 1.807) is 0 Å². The number of nitrogens with zero attached hydrogens (tertiary/aromatic N) is 2. The fraction of sp³-hybridized carbons (Fsp3) is 0.875. The summed E-state index contributed by atoms with van der Waals surface area (Å²) in [7, 11) is 2.02. The van der Waals surface area contributed by atoms with Crippen LogP contribution in [0.3, 0.4) is 0 Å². The van der Waals surface area contributed by atoms with Gasteiger partial charge in [-0.2, -0.15) is 5.10 Å². The Morgan fingerprint density at radius 1 is 1.60 bits per heavy atom. The van der Waals surface area contributed by atoms with Gasteiger partial charge in [0.1, 0.15) is 0 Å². The first kappa shape index (κ1) is 7.58. The first-order valence-corrected chi connectivity index (χ1v) is 3.81. The van der Waals surface area contributed by atoms with Gasteiger partial charge in [-0.15, -0.1) is 0 Å². The van der Waals surface area contributed by atoms with Crippen molar-refractivity contribution in [1.29, 1.82) is 0 Å². The van der Waals surface area contributed by atoms with Crippen molar-refractivity contribution in [3.8, 4) is 0 Å². The number of rotatable bonds is 1. The SMILES string of the molecule is CC(C)C1(C)C=NN(C)C1. The molecule has 0 amide bonds. The van der Waals surface area contributed by atoms with Crippen LogP contribution in [0.4, 0.5) is 0 Å². The van der Waals surface area contributed by atoms with Gasteiger partial charge in [-0.1, -0.05) is 20.8 Å². The lowest BCUT2D eigenvalue weighted by molar-refractivity contribution is 0.250. The van der Waals surface area contributed by atoms with E-state index < -0.39 is 0 Å². The van der Waals surface area contributed by atoms with E-state index >= 15 is 0 Å². The molecule has 0 bridgehead atoms. The van der Waals surface area contributed by atoms with Crippen molar-refractivity contribution < 1.29 is 0 Å². The van der Waals surface area contributed by atoms with Crippen LogP contribution in [0, 0.1) is 11.3 Å². The first-order chi connectivity index (χ1) is 4.54. The third-order valence-corrected chi connectivity index (χ3v) is 2.44. The molecule has 0 saturated carbocycles. The Morgan fingerprint density at radius 2 is 2.20 bits per heavy atom. The van der Waals surface area contributed by atoms with Crippen LogP contribution in [-0.4, -0.2) is 24.8 Å². The summed E-state index contributed by atoms with van der Waals surface area (Å²) in [5.74, 6) is 0.682. The smallest absolute Gasteiger partial charge is 0.0463 e. The second-order valence-corrected chi connectivity index (χ2v) is 3.72. The minimum absolute atomic E-state index is 0.300. The second kappa shape index (κ2) is 2.26. The highest BCUT2D eigenvalue weighted by atomic mass is 15.5. The van der Waals surface area contributed by atoms with Crippen molar-refractivity contribution in [2.24, 2.45) is 16.4 Å². The van der Waals surface area contributed by atoms with E-state index in [1.807, 2.05) is 12.1 Å². The van der Waals surface area contributed by atoms with Crippen LogP contribution in [0.25, 0.3) is 0 Å². The average molecular weight is 140 g/mol. The molecule has 1 aliphatic heterocycles. The molecule has 0 spiro atoms. The van der Waals surface area contributed by atoms with Crippen molar-refractivity contribution in [3.05, 3.63) is 0 Å². The summed E-state index contributed by atoms with van der Waals surface area (Å²) in [6.07, 6.45) is 2.07. The predicted molar refractivity (Wildman–Crippen MR) is 44.1 cm³/mol. The van der Waals surface area contributed by atoms with Crippen LogP contribution in [0.5, 0.6) is 0 Å². The van der Waals surface area contributed by atoms with Gasteiger partial charge in [-0.25, -0.2) is 0 Å². The van der Waals surface area contributed by atoms with Gasteiger partial charge < -0.3 is 0 Å². The molecule has 0 N–H and O–H groups in total. The molecule has 1 unspecified atom stereocenters. The van der Waals surface area contributed by atoms with Crippen LogP contribution < -0.4 is 0 Å². The summed E-state index contributed by atoms with van der Waals surface area (Å²) in [6.45, 7) is 7.80. The molecule has 1 atom stereocenters. The summed E-state index contributed by atoms with van der Waals surface area (Å²) >= 11 is 0. The van der Waals surface area contributed by atoms with E-state index in [-0.39, 0.29) is 0 Å². The molecule has 0 aliphatic carbocycles. The minimum Gasteiger partial charge on any atom is -0.299 e. The standard InChI is InChI=1S/C8H16N2/c1-7(2)8(3)5-9-10(4)6-8/h5,7H,6H2,1-4H3. The largest absolute Gasteiger partial charge is 0.299 e. The molecule has 0 radical (unpaired) electrons. The molecule has 0 fully saturated rings. The Labute approximate surface area is 62.9 Å². The maximum absolute atomic E-state index is 4.22. The molecule has 0 aromatic rings. The van der Waals surface area contributed by atoms with Gasteiger partial charge in [0.05, 0.1) is 0 Å². The maximum Gasteiger partial charge on any atom is 0.0463 e. The van der Waals surface area contributed by atoms with Gasteiger partial charge >= 0.3 is 0 Å². The predicted octanol–water partition coefficient (Wildman–Crippen LogP) is 1.58. The zero-order chi connectivity index (χ0) is 7.78. The van der Waals surface area contributed by atoms with Crippen LogP contribution in [0.1, 0.15) is 20.8 Å². The van der Waals surface area contributed by atoms with Crippen LogP contribution in [-0.2, 0) is 0 Å². The fourth-order valence-corrected chi connectivity index (χ4v) is 1.14. The van der Waals surface area contributed by atoms with Crippen molar-refractivity contribution in [3.63, 3.8) is 0 Å². The van der Waals surface area contributed by atoms with Gasteiger partial charge in [0.2, 0.25) is 0 Å². The summed E-state index contributed by atoms with van der Waals surface area (Å²) in [4.78, 5) is 0. The highest BCUT2D eigenvalue weighted by Crippen LogP contribution is 2.29. The normalized spacial score (nSPS) is 32.3. The highest BCUT2D eigenvalue weighted by molar-refractivity contribution is 5.67. The molecule has 2 heteroatoms. The zero-order valence-corrected chi connectivity index (χ0v) is 7.26. The van der Waals surface area contributed by atoms with E-state index in [0.29, 0.717) is 11.3 Å². The Kier molecular flexibility index (Phi) is 1.71. The maximum atomic E-state index is 4.22. The van der Waals surface area contributed by atoms with Gasteiger partial charge in [0, 0.05) is 25.2 Å². The third kappa shape index (κ3) is 1.15. The summed E-state index contributed by atoms with van der Waals surface area (Å²) in [5, 5.41) is 6.22. The minimum atomic E-state index is 0.300. The molecular formula is C8H16N2. The molecule has 0 aromatic heterocycles. The van der Waals surface area contributed by atoms with Crippen molar-refractivity contribution >= 4 is 6.21 Å². The molecule has 1 rings (SSSR count). The highest BCUT2D eigenvalue weighted by Gasteiger charge is 2.31. The number of hydrogen-bond donors (Lipinski definition) is 0. The van der Waals surface area contributed by atoms with Crippen LogP contribution in [0.2, 0.25) is 0 Å². The lowest BCUT2D eigenvalue weighted by atomic mass is 9.81. The molecule has 10 heavy (non-hydrogen) atoms. The Bertz CT molecular complexity index is 151. The van der Waals surface area contributed by atoms with Crippen LogP contribution >= 0.6 is 0 Å². The molecule has 2 nitrogen and oxygen atoms in total. The topological polar surface area (TPSA) is 15.6 Å². The van der Waals surface area contributed by atoms with Crippen LogP contribution in [0.15, 0.2) is 5.10 Å².